The number of methoxy groups -OCH3 is 3. The largest absolute Gasteiger partial charge is 0.496 e. The molecule has 3 nitrogen and oxygen atoms in total. The van der Waals surface area contributed by atoms with Gasteiger partial charge in [-0.15, -0.1) is 11.6 Å². The highest BCUT2D eigenvalue weighted by molar-refractivity contribution is 6.21. The molecule has 1 aliphatic rings. The van der Waals surface area contributed by atoms with Crippen LogP contribution < -0.4 is 14.2 Å². The fourth-order valence-corrected chi connectivity index (χ4v) is 4.04. The third kappa shape index (κ3) is 2.94. The molecule has 0 spiro atoms. The molecule has 0 saturated heterocycles. The average Bonchev–Trinajstić information content (AvgIpc) is 3.02. The van der Waals surface area contributed by atoms with Gasteiger partial charge in [0.1, 0.15) is 17.2 Å². The van der Waals surface area contributed by atoms with Crippen LogP contribution in [0.15, 0.2) is 12.1 Å². The first kappa shape index (κ1) is 16.3. The molecule has 0 radical (unpaired) electrons. The van der Waals surface area contributed by atoms with Gasteiger partial charge in [0.05, 0.1) is 32.3 Å². The van der Waals surface area contributed by atoms with Crippen LogP contribution in [0.25, 0.3) is 0 Å². The summed E-state index contributed by atoms with van der Waals surface area (Å²) < 4.78 is 16.4. The Morgan fingerprint density at radius 3 is 1.95 bits per heavy atom. The molecule has 0 N–H and O–H groups in total. The van der Waals surface area contributed by atoms with E-state index in [9.17, 15) is 0 Å². The summed E-state index contributed by atoms with van der Waals surface area (Å²) in [6, 6.07) is 3.76. The van der Waals surface area contributed by atoms with E-state index in [1.807, 2.05) is 12.1 Å². The first-order valence-corrected chi connectivity index (χ1v) is 7.99. The molecule has 1 aromatic rings. The minimum atomic E-state index is -0.110. The molecule has 1 atom stereocenters. The number of benzene rings is 1. The average molecular weight is 313 g/mol. The van der Waals surface area contributed by atoms with Gasteiger partial charge in [-0.05, 0) is 24.7 Å². The first-order chi connectivity index (χ1) is 10.1. The van der Waals surface area contributed by atoms with Crippen molar-refractivity contribution in [2.45, 2.75) is 44.4 Å². The third-order valence-corrected chi connectivity index (χ3v) is 5.53. The predicted molar refractivity (Wildman–Crippen MR) is 85.9 cm³/mol. The summed E-state index contributed by atoms with van der Waals surface area (Å²) in [6.45, 7) is 2.23. The summed E-state index contributed by atoms with van der Waals surface area (Å²) in [5, 5.41) is -0.110. The number of hydrogen-bond donors (Lipinski definition) is 0. The van der Waals surface area contributed by atoms with Crippen molar-refractivity contribution in [1.82, 2.24) is 0 Å². The fraction of sp³-hybridized carbons (Fsp3) is 0.647. The van der Waals surface area contributed by atoms with Gasteiger partial charge < -0.3 is 14.2 Å². The summed E-state index contributed by atoms with van der Waals surface area (Å²) in [5.41, 5.74) is 1.09. The maximum Gasteiger partial charge on any atom is 0.130 e. The van der Waals surface area contributed by atoms with Crippen molar-refractivity contribution in [2.75, 3.05) is 21.3 Å². The van der Waals surface area contributed by atoms with Crippen LogP contribution in [0.5, 0.6) is 17.2 Å². The van der Waals surface area contributed by atoms with Gasteiger partial charge in [0.15, 0.2) is 0 Å². The zero-order chi connectivity index (χ0) is 15.5. The van der Waals surface area contributed by atoms with Gasteiger partial charge in [-0.2, -0.15) is 0 Å². The summed E-state index contributed by atoms with van der Waals surface area (Å²) in [5.74, 6) is 2.20. The molecular weight excluding hydrogens is 288 g/mol. The summed E-state index contributed by atoms with van der Waals surface area (Å²) in [7, 11) is 4.96. The SMILES string of the molecule is CCC1(C(Cl)c2c(OC)cc(OC)cc2OC)CCCC1. The summed E-state index contributed by atoms with van der Waals surface area (Å²) in [4.78, 5) is 0. The normalized spacial score (nSPS) is 18.3. The van der Waals surface area contributed by atoms with Crippen molar-refractivity contribution in [3.63, 3.8) is 0 Å². The van der Waals surface area contributed by atoms with Crippen LogP contribution in [0.2, 0.25) is 0 Å². The van der Waals surface area contributed by atoms with Gasteiger partial charge in [0.25, 0.3) is 0 Å². The highest BCUT2D eigenvalue weighted by Gasteiger charge is 2.42. The lowest BCUT2D eigenvalue weighted by molar-refractivity contribution is 0.260. The van der Waals surface area contributed by atoms with Crippen molar-refractivity contribution in [2.24, 2.45) is 5.41 Å². The van der Waals surface area contributed by atoms with Gasteiger partial charge >= 0.3 is 0 Å². The zero-order valence-electron chi connectivity index (χ0n) is 13.4. The van der Waals surface area contributed by atoms with E-state index >= 15 is 0 Å². The molecule has 1 aromatic carbocycles. The monoisotopic (exact) mass is 312 g/mol. The second-order valence-electron chi connectivity index (χ2n) is 5.73. The molecular formula is C17H25ClO3. The molecule has 0 heterocycles. The number of hydrogen-bond acceptors (Lipinski definition) is 3. The Labute approximate surface area is 132 Å². The van der Waals surface area contributed by atoms with Crippen LogP contribution in [-0.2, 0) is 0 Å². The number of halogens is 1. The van der Waals surface area contributed by atoms with Gasteiger partial charge in [-0.1, -0.05) is 19.8 Å². The zero-order valence-corrected chi connectivity index (χ0v) is 14.1. The van der Waals surface area contributed by atoms with Gasteiger partial charge in [0, 0.05) is 12.1 Å². The quantitative estimate of drug-likeness (QED) is 0.695. The minimum Gasteiger partial charge on any atom is -0.496 e. The van der Waals surface area contributed by atoms with E-state index in [4.69, 9.17) is 25.8 Å². The van der Waals surface area contributed by atoms with Gasteiger partial charge in [-0.3, -0.25) is 0 Å². The number of rotatable bonds is 6. The van der Waals surface area contributed by atoms with Crippen LogP contribution in [0, 0.1) is 5.41 Å². The maximum atomic E-state index is 6.93. The van der Waals surface area contributed by atoms with Crippen LogP contribution in [0.3, 0.4) is 0 Å². The molecule has 2 rings (SSSR count). The molecule has 1 saturated carbocycles. The molecule has 0 aliphatic heterocycles. The van der Waals surface area contributed by atoms with E-state index in [2.05, 4.69) is 6.92 Å². The van der Waals surface area contributed by atoms with Crippen molar-refractivity contribution >= 4 is 11.6 Å². The molecule has 1 fully saturated rings. The van der Waals surface area contributed by atoms with E-state index in [0.717, 1.165) is 36.3 Å². The Kier molecular flexibility index (Phi) is 5.26. The topological polar surface area (TPSA) is 27.7 Å². The van der Waals surface area contributed by atoms with Crippen molar-refractivity contribution < 1.29 is 14.2 Å². The Bertz CT molecular complexity index is 456. The molecule has 0 bridgehead atoms. The molecule has 0 aromatic heterocycles. The molecule has 1 unspecified atom stereocenters. The van der Waals surface area contributed by atoms with Gasteiger partial charge in [-0.25, -0.2) is 0 Å². The van der Waals surface area contributed by atoms with Crippen molar-refractivity contribution in [3.05, 3.63) is 17.7 Å². The lowest BCUT2D eigenvalue weighted by Gasteiger charge is -2.34. The maximum absolute atomic E-state index is 6.93. The van der Waals surface area contributed by atoms with E-state index < -0.39 is 0 Å². The van der Waals surface area contributed by atoms with Crippen molar-refractivity contribution in [3.8, 4) is 17.2 Å². The lowest BCUT2D eigenvalue weighted by Crippen LogP contribution is -2.22. The predicted octanol–water partition coefficient (Wildman–Crippen LogP) is 4.96. The molecule has 0 amide bonds. The molecule has 21 heavy (non-hydrogen) atoms. The Morgan fingerprint density at radius 1 is 1.05 bits per heavy atom. The van der Waals surface area contributed by atoms with E-state index in [1.165, 1.54) is 12.8 Å². The van der Waals surface area contributed by atoms with E-state index in [1.54, 1.807) is 21.3 Å². The van der Waals surface area contributed by atoms with Crippen LogP contribution in [0.1, 0.15) is 50.0 Å². The highest BCUT2D eigenvalue weighted by Crippen LogP contribution is 2.57. The van der Waals surface area contributed by atoms with Crippen LogP contribution in [0.4, 0.5) is 0 Å². The summed E-state index contributed by atoms with van der Waals surface area (Å²) >= 11 is 6.93. The molecule has 118 valence electrons. The second-order valence-corrected chi connectivity index (χ2v) is 6.17. The fourth-order valence-electron chi connectivity index (χ4n) is 3.45. The Morgan fingerprint density at radius 2 is 1.57 bits per heavy atom. The number of alkyl halides is 1. The van der Waals surface area contributed by atoms with Gasteiger partial charge in [0.2, 0.25) is 0 Å². The lowest BCUT2D eigenvalue weighted by atomic mass is 9.77. The van der Waals surface area contributed by atoms with Crippen LogP contribution >= 0.6 is 11.6 Å². The van der Waals surface area contributed by atoms with E-state index in [0.29, 0.717) is 5.75 Å². The van der Waals surface area contributed by atoms with Crippen LogP contribution in [-0.4, -0.2) is 21.3 Å². The standard InChI is InChI=1S/C17H25ClO3/c1-5-17(8-6-7-9-17)16(18)15-13(20-3)10-12(19-2)11-14(15)21-4/h10-11,16H,5-9H2,1-4H3. The number of ether oxygens (including phenoxy) is 3. The molecule has 4 heteroatoms. The Hall–Kier alpha value is -1.09. The Balaban J connectivity index is 2.50. The smallest absolute Gasteiger partial charge is 0.130 e. The highest BCUT2D eigenvalue weighted by atomic mass is 35.5. The third-order valence-electron chi connectivity index (χ3n) is 4.85. The second kappa shape index (κ2) is 6.78. The first-order valence-electron chi connectivity index (χ1n) is 7.56. The minimum absolute atomic E-state index is 0.110. The van der Waals surface area contributed by atoms with E-state index in [-0.39, 0.29) is 10.8 Å². The van der Waals surface area contributed by atoms with Crippen molar-refractivity contribution in [1.29, 1.82) is 0 Å². The summed E-state index contributed by atoms with van der Waals surface area (Å²) in [6.07, 6.45) is 5.89. The molecule has 1 aliphatic carbocycles.